The summed E-state index contributed by atoms with van der Waals surface area (Å²) in [5.41, 5.74) is 9.31. The fourth-order valence-electron chi connectivity index (χ4n) is 5.87. The monoisotopic (exact) mass is 678 g/mol. The average molecular weight is 679 g/mol. The number of thiazole rings is 2. The van der Waals surface area contributed by atoms with E-state index in [1.807, 2.05) is 40.5 Å². The van der Waals surface area contributed by atoms with Crippen molar-refractivity contribution in [3.63, 3.8) is 0 Å². The number of amides is 1. The van der Waals surface area contributed by atoms with Crippen molar-refractivity contribution >= 4 is 79.8 Å². The van der Waals surface area contributed by atoms with Crippen LogP contribution < -0.4 is 15.6 Å². The molecule has 7 rings (SSSR count). The van der Waals surface area contributed by atoms with Crippen LogP contribution in [0.15, 0.2) is 62.8 Å². The Morgan fingerprint density at radius 1 is 1.26 bits per heavy atom. The molecule has 0 radical (unpaired) electrons. The molecule has 0 aromatic carbocycles. The number of β-lactam (4-membered cyclic amide) rings is 1. The molecule has 14 nitrogen and oxygen atoms in total. The molecule has 1 saturated heterocycles. The van der Waals surface area contributed by atoms with Crippen molar-refractivity contribution in [3.05, 3.63) is 69.0 Å². The summed E-state index contributed by atoms with van der Waals surface area (Å²) in [6.45, 7) is 2.45. The number of fused-ring (bicyclic) bond motifs is 2. The molecule has 2 atom stereocenters. The number of pyridine rings is 1. The second kappa shape index (κ2) is 12.3. The average Bonchev–Trinajstić information content (AvgIpc) is 3.87. The lowest BCUT2D eigenvalue weighted by atomic mass is 9.89. The first-order chi connectivity index (χ1) is 22.3. The lowest BCUT2D eigenvalue weighted by molar-refractivity contribution is -0.663. The second-order valence-corrected chi connectivity index (χ2v) is 13.7. The number of nitrogens with zero attached hydrogens (tertiary/aromatic N) is 7. The van der Waals surface area contributed by atoms with E-state index in [2.05, 4.69) is 25.0 Å². The van der Waals surface area contributed by atoms with Crippen LogP contribution in [0.25, 0.3) is 11.0 Å². The summed E-state index contributed by atoms with van der Waals surface area (Å²) in [5.74, 6) is -1.49. The third-order valence-corrected chi connectivity index (χ3v) is 10.8. The Morgan fingerprint density at radius 3 is 2.87 bits per heavy atom. The maximum Gasteiger partial charge on any atom is 0.352 e. The topological polar surface area (TPSA) is 181 Å². The molecule has 1 fully saturated rings. The normalized spacial score (nSPS) is 19.6. The van der Waals surface area contributed by atoms with E-state index >= 15 is 0 Å². The summed E-state index contributed by atoms with van der Waals surface area (Å²) in [6.07, 6.45) is 3.75. The van der Waals surface area contributed by atoms with E-state index < -0.39 is 29.0 Å². The van der Waals surface area contributed by atoms with E-state index in [1.165, 1.54) is 23.8 Å². The molecule has 0 bridgehead atoms. The number of carboxylic acid groups (broad SMARTS) is 1. The van der Waals surface area contributed by atoms with Crippen molar-refractivity contribution in [1.82, 2.24) is 24.8 Å². The fourth-order valence-corrected chi connectivity index (χ4v) is 8.60. The molecule has 4 aromatic rings. The van der Waals surface area contributed by atoms with Crippen LogP contribution in [0, 0.1) is 5.92 Å². The van der Waals surface area contributed by atoms with Gasteiger partial charge in [0.15, 0.2) is 29.4 Å². The van der Waals surface area contributed by atoms with E-state index in [0.717, 1.165) is 52.0 Å². The molecule has 3 aliphatic rings. The molecule has 3 aliphatic heterocycles. The number of nitrogen functional groups attached to an aromatic ring is 1. The van der Waals surface area contributed by atoms with Gasteiger partial charge >= 0.3 is 5.97 Å². The smallest absolute Gasteiger partial charge is 0.352 e. The van der Waals surface area contributed by atoms with Gasteiger partial charge in [-0.1, -0.05) is 5.16 Å². The van der Waals surface area contributed by atoms with Gasteiger partial charge in [-0.05, 0) is 6.07 Å². The number of aromatic nitrogens is 4. The number of oxime groups is 1. The van der Waals surface area contributed by atoms with Crippen molar-refractivity contribution < 1.29 is 28.9 Å². The molecule has 4 N–H and O–H groups in total. The summed E-state index contributed by atoms with van der Waals surface area (Å²) in [6, 6.07) is 5.94. The quantitative estimate of drug-likeness (QED) is 0.0915. The summed E-state index contributed by atoms with van der Waals surface area (Å²) in [4.78, 5) is 58.6. The minimum atomic E-state index is -1.18. The van der Waals surface area contributed by atoms with Gasteiger partial charge in [-0.3, -0.25) is 19.5 Å². The second-order valence-electron chi connectivity index (χ2n) is 10.7. The fraction of sp³-hybridized carbons (Fsp3) is 0.310. The lowest BCUT2D eigenvalue weighted by Gasteiger charge is -2.49. The molecule has 46 heavy (non-hydrogen) atoms. The molecular formula is C29H28N9O5S3+. The molecule has 4 aromatic heterocycles. The van der Waals surface area contributed by atoms with E-state index in [1.54, 1.807) is 16.7 Å². The highest BCUT2D eigenvalue weighted by Gasteiger charge is 2.54. The Kier molecular flexibility index (Phi) is 8.04. The van der Waals surface area contributed by atoms with Crippen LogP contribution in [0.5, 0.6) is 0 Å². The number of nitrogens with two attached hydrogens (primary N) is 1. The summed E-state index contributed by atoms with van der Waals surface area (Å²) < 4.78 is 4.10. The van der Waals surface area contributed by atoms with Gasteiger partial charge in [0.2, 0.25) is 11.4 Å². The zero-order valence-electron chi connectivity index (χ0n) is 24.5. The number of carbonyl (C=O) groups excluding carboxylic acids is 2. The number of amidine groups is 1. The Hall–Kier alpha value is -4.61. The highest BCUT2D eigenvalue weighted by molar-refractivity contribution is 8.00. The van der Waals surface area contributed by atoms with Crippen molar-refractivity contribution in [2.45, 2.75) is 24.9 Å². The molecule has 1 amide bonds. The number of hydrogen-bond acceptors (Lipinski definition) is 13. The SMILES string of the molecule is CO/N=C(\C(=O)C[C@@H]1C(=O)N2C(C(=O)O)=C(C[n+]3cccc4c3ccn4Cc3nc(C4=NCCN4)cs3)CS[C@H]12)c1csc(N)n1. The van der Waals surface area contributed by atoms with Crippen LogP contribution in [0.3, 0.4) is 0 Å². The number of nitrogens with one attached hydrogen (secondary N) is 1. The predicted octanol–water partition coefficient (Wildman–Crippen LogP) is 1.70. The van der Waals surface area contributed by atoms with Gasteiger partial charge in [-0.25, -0.2) is 14.8 Å². The molecule has 236 valence electrons. The first-order valence-corrected chi connectivity index (χ1v) is 17.1. The van der Waals surface area contributed by atoms with Gasteiger partial charge in [0.25, 0.3) is 0 Å². The predicted molar refractivity (Wildman–Crippen MR) is 174 cm³/mol. The number of carboxylic acids is 1. The molecule has 17 heteroatoms. The molecule has 0 saturated carbocycles. The van der Waals surface area contributed by atoms with Gasteiger partial charge < -0.3 is 25.6 Å². The maximum absolute atomic E-state index is 13.4. The molecular weight excluding hydrogens is 651 g/mol. The zero-order chi connectivity index (χ0) is 31.9. The number of aliphatic imine (C=N–C) groups is 1. The summed E-state index contributed by atoms with van der Waals surface area (Å²) in [7, 11) is 1.32. The third kappa shape index (κ3) is 5.43. The van der Waals surface area contributed by atoms with Crippen LogP contribution in [0.1, 0.15) is 22.8 Å². The summed E-state index contributed by atoms with van der Waals surface area (Å²) in [5, 5.41) is 21.7. The number of hydrogen-bond donors (Lipinski definition) is 3. The highest BCUT2D eigenvalue weighted by atomic mass is 32.2. The van der Waals surface area contributed by atoms with Crippen molar-refractivity contribution in [2.75, 3.05) is 31.7 Å². The molecule has 0 unspecified atom stereocenters. The Balaban J connectivity index is 1.09. The third-order valence-electron chi connectivity index (χ3n) is 7.93. The standard InChI is InChI=1S/C29H27N9O5S3/c1-43-35-23(17-13-46-29(30)34-17)21(39)9-16-26(40)38-24(28(41)42)15(12-45-27(16)38)10-36-7-2-3-19-20(36)4-8-37(19)11-22-33-18(14-44-22)25-31-5-6-32-25/h2-4,7-8,13-14,16,27H,5-6,9-12H2,1H3,(H3-,30,31,32,34,41,42)/p+1/b35-23-/t16-,27-/m1/s1. The van der Waals surface area contributed by atoms with E-state index in [4.69, 9.17) is 15.6 Å². The Bertz CT molecular complexity index is 1980. The Morgan fingerprint density at radius 2 is 2.13 bits per heavy atom. The number of Topliss-reactive ketones (excluding diaryl/α,β-unsaturated/α-hetero) is 1. The van der Waals surface area contributed by atoms with E-state index in [-0.39, 0.29) is 28.7 Å². The molecule has 0 spiro atoms. The maximum atomic E-state index is 13.4. The largest absolute Gasteiger partial charge is 0.477 e. The van der Waals surface area contributed by atoms with Crippen LogP contribution in [-0.2, 0) is 32.3 Å². The lowest BCUT2D eigenvalue weighted by Crippen LogP contribution is -2.62. The molecule has 7 heterocycles. The minimum absolute atomic E-state index is 0.0239. The van der Waals surface area contributed by atoms with Crippen molar-refractivity contribution in [2.24, 2.45) is 16.1 Å². The number of carbonyl (C=O) groups is 3. The molecule has 0 aliphatic carbocycles. The number of aliphatic carboxylic acids is 1. The van der Waals surface area contributed by atoms with E-state index in [9.17, 15) is 19.5 Å². The van der Waals surface area contributed by atoms with Gasteiger partial charge in [0.05, 0.1) is 24.4 Å². The zero-order valence-corrected chi connectivity index (χ0v) is 26.9. The number of thioether (sulfide) groups is 1. The number of ketones is 1. The van der Waals surface area contributed by atoms with Crippen LogP contribution in [0.2, 0.25) is 0 Å². The highest BCUT2D eigenvalue weighted by Crippen LogP contribution is 2.45. The van der Waals surface area contributed by atoms with E-state index in [0.29, 0.717) is 24.4 Å². The van der Waals surface area contributed by atoms with Gasteiger partial charge in [0, 0.05) is 53.4 Å². The van der Waals surface area contributed by atoms with Crippen LogP contribution in [-0.4, -0.2) is 85.1 Å². The van der Waals surface area contributed by atoms with Crippen LogP contribution in [0.4, 0.5) is 5.13 Å². The van der Waals surface area contributed by atoms with Crippen LogP contribution >= 0.6 is 34.4 Å². The first kappa shape index (κ1) is 30.1. The number of rotatable bonds is 11. The van der Waals surface area contributed by atoms with Gasteiger partial charge in [-0.2, -0.15) is 4.57 Å². The summed E-state index contributed by atoms with van der Waals surface area (Å²) >= 11 is 4.19. The van der Waals surface area contributed by atoms with Crippen molar-refractivity contribution in [3.8, 4) is 0 Å². The van der Waals surface area contributed by atoms with Gasteiger partial charge in [-0.15, -0.1) is 34.4 Å². The van der Waals surface area contributed by atoms with Gasteiger partial charge in [0.1, 0.15) is 40.6 Å². The minimum Gasteiger partial charge on any atom is -0.477 e. The first-order valence-electron chi connectivity index (χ1n) is 14.3. The number of anilines is 1. The Labute approximate surface area is 274 Å². The van der Waals surface area contributed by atoms with Crippen molar-refractivity contribution in [1.29, 1.82) is 0 Å².